The van der Waals surface area contributed by atoms with Crippen LogP contribution in [0, 0.1) is 5.41 Å². The Balaban J connectivity index is 2.78. The molecule has 1 rings (SSSR count). The van der Waals surface area contributed by atoms with Gasteiger partial charge in [0.05, 0.1) is 0 Å². The summed E-state index contributed by atoms with van der Waals surface area (Å²) in [6.45, 7) is 17.8. The van der Waals surface area contributed by atoms with Crippen LogP contribution >= 0.6 is 0 Å². The second-order valence-corrected chi connectivity index (χ2v) is 8.03. The average Bonchev–Trinajstić information content (AvgIpc) is 2.34. The molecule has 0 bridgehead atoms. The first-order chi connectivity index (χ1) is 9.50. The van der Waals surface area contributed by atoms with E-state index in [0.717, 1.165) is 0 Å². The summed E-state index contributed by atoms with van der Waals surface area (Å²) in [6, 6.07) is 8.88. The second kappa shape index (κ2) is 6.68. The summed E-state index contributed by atoms with van der Waals surface area (Å²) in [5, 5.41) is 0. The number of hydrogen-bond donors (Lipinski definition) is 0. The van der Waals surface area contributed by atoms with Gasteiger partial charge in [0.25, 0.3) is 0 Å². The maximum absolute atomic E-state index is 2.25. The molecule has 21 heavy (non-hydrogen) atoms. The molecule has 0 heterocycles. The number of rotatable bonds is 3. The zero-order valence-corrected chi connectivity index (χ0v) is 15.0. The van der Waals surface area contributed by atoms with Crippen LogP contribution in [0.15, 0.2) is 47.5 Å². The standard InChI is InChI=1S/C20H30B/c1-15(19(3,4)5)9-10-16(2)21-18-13-11-17(12-14-18)20(6,7)8/h9-14H,1-8H3/b15-9+,16-10+. The van der Waals surface area contributed by atoms with E-state index in [4.69, 9.17) is 0 Å². The second-order valence-electron chi connectivity index (χ2n) is 8.03. The number of benzene rings is 1. The first kappa shape index (κ1) is 17.8. The molecule has 0 saturated heterocycles. The normalized spacial score (nSPS) is 14.3. The van der Waals surface area contributed by atoms with Crippen molar-refractivity contribution in [3.63, 3.8) is 0 Å². The van der Waals surface area contributed by atoms with E-state index in [-0.39, 0.29) is 10.8 Å². The third-order valence-electron chi connectivity index (χ3n) is 3.95. The molecule has 1 radical (unpaired) electrons. The first-order valence-corrected chi connectivity index (χ1v) is 7.81. The lowest BCUT2D eigenvalue weighted by atomic mass is 9.63. The van der Waals surface area contributed by atoms with E-state index in [1.54, 1.807) is 0 Å². The topological polar surface area (TPSA) is 0 Å². The Morgan fingerprint density at radius 3 is 1.81 bits per heavy atom. The van der Waals surface area contributed by atoms with E-state index in [9.17, 15) is 0 Å². The van der Waals surface area contributed by atoms with Gasteiger partial charge in [-0.05, 0) is 23.3 Å². The lowest BCUT2D eigenvalue weighted by Crippen LogP contribution is -2.18. The summed E-state index contributed by atoms with van der Waals surface area (Å²) < 4.78 is 0. The van der Waals surface area contributed by atoms with Crippen LogP contribution in [-0.2, 0) is 5.41 Å². The molecule has 0 aliphatic heterocycles. The number of hydrogen-bond acceptors (Lipinski definition) is 0. The van der Waals surface area contributed by atoms with Crippen molar-refractivity contribution in [2.24, 2.45) is 5.41 Å². The van der Waals surface area contributed by atoms with Crippen molar-refractivity contribution >= 4 is 12.7 Å². The van der Waals surface area contributed by atoms with Gasteiger partial charge in [0.2, 0.25) is 0 Å². The molecule has 1 heteroatoms. The molecule has 0 fully saturated rings. The Kier molecular flexibility index (Phi) is 5.67. The minimum atomic E-state index is 0.218. The highest BCUT2D eigenvalue weighted by Gasteiger charge is 2.13. The van der Waals surface area contributed by atoms with E-state index >= 15 is 0 Å². The third-order valence-corrected chi connectivity index (χ3v) is 3.95. The first-order valence-electron chi connectivity index (χ1n) is 7.81. The summed E-state index contributed by atoms with van der Waals surface area (Å²) >= 11 is 0. The molecule has 0 aliphatic rings. The van der Waals surface area contributed by atoms with Gasteiger partial charge in [0.15, 0.2) is 7.28 Å². The number of allylic oxidation sites excluding steroid dienone is 4. The van der Waals surface area contributed by atoms with Gasteiger partial charge in [-0.1, -0.05) is 95.9 Å². The summed E-state index contributed by atoms with van der Waals surface area (Å²) in [4.78, 5) is 0. The SMILES string of the molecule is C/C([B]c1ccc(C(C)(C)C)cc1)=C\C=C(/C)C(C)(C)C. The van der Waals surface area contributed by atoms with Crippen LogP contribution in [0.3, 0.4) is 0 Å². The Labute approximate surface area is 132 Å². The van der Waals surface area contributed by atoms with E-state index in [0.29, 0.717) is 0 Å². The van der Waals surface area contributed by atoms with E-state index < -0.39 is 0 Å². The molecule has 0 unspecified atom stereocenters. The van der Waals surface area contributed by atoms with Crippen LogP contribution in [0.1, 0.15) is 61.0 Å². The van der Waals surface area contributed by atoms with Crippen LogP contribution in [0.2, 0.25) is 0 Å². The summed E-state index contributed by atoms with van der Waals surface area (Å²) in [5.41, 5.74) is 5.78. The smallest absolute Gasteiger partial charge is 0.106 e. The molecule has 0 nitrogen and oxygen atoms in total. The maximum Gasteiger partial charge on any atom is 0.185 e. The van der Waals surface area contributed by atoms with Crippen molar-refractivity contribution in [1.29, 1.82) is 0 Å². The molecule has 0 aliphatic carbocycles. The highest BCUT2D eigenvalue weighted by atomic mass is 14.2. The molecule has 0 amide bonds. The van der Waals surface area contributed by atoms with Crippen molar-refractivity contribution in [3.8, 4) is 0 Å². The van der Waals surface area contributed by atoms with E-state index in [2.05, 4.69) is 99.1 Å². The van der Waals surface area contributed by atoms with Crippen LogP contribution in [0.25, 0.3) is 0 Å². The predicted octanol–water partition coefficient (Wildman–Crippen LogP) is 5.21. The lowest BCUT2D eigenvalue weighted by Gasteiger charge is -2.19. The van der Waals surface area contributed by atoms with Gasteiger partial charge < -0.3 is 0 Å². The van der Waals surface area contributed by atoms with Gasteiger partial charge in [-0.25, -0.2) is 0 Å². The average molecular weight is 281 g/mol. The largest absolute Gasteiger partial charge is 0.185 e. The monoisotopic (exact) mass is 281 g/mol. The van der Waals surface area contributed by atoms with Crippen LogP contribution in [0.5, 0.6) is 0 Å². The zero-order chi connectivity index (χ0) is 16.3. The van der Waals surface area contributed by atoms with Crippen LogP contribution in [0.4, 0.5) is 0 Å². The molecule has 0 spiro atoms. The summed E-state index contributed by atoms with van der Waals surface area (Å²) in [6.07, 6.45) is 4.44. The van der Waals surface area contributed by atoms with Crippen LogP contribution in [-0.4, -0.2) is 7.28 Å². The molecule has 0 aromatic heterocycles. The third kappa shape index (κ3) is 5.95. The molecule has 1 aromatic rings. The predicted molar refractivity (Wildman–Crippen MR) is 97.5 cm³/mol. The molecule has 0 saturated carbocycles. The zero-order valence-electron chi connectivity index (χ0n) is 15.0. The Bertz CT molecular complexity index is 516. The molecular formula is C20H30B. The van der Waals surface area contributed by atoms with Crippen molar-refractivity contribution in [2.45, 2.75) is 60.8 Å². The quantitative estimate of drug-likeness (QED) is 0.527. The van der Waals surface area contributed by atoms with Gasteiger partial charge in [-0.2, -0.15) is 0 Å². The maximum atomic E-state index is 2.25. The highest BCUT2D eigenvalue weighted by Crippen LogP contribution is 2.24. The Morgan fingerprint density at radius 2 is 1.38 bits per heavy atom. The van der Waals surface area contributed by atoms with Crippen LogP contribution < -0.4 is 5.46 Å². The molecule has 113 valence electrons. The van der Waals surface area contributed by atoms with Crippen molar-refractivity contribution in [1.82, 2.24) is 0 Å². The van der Waals surface area contributed by atoms with E-state index in [1.807, 2.05) is 0 Å². The van der Waals surface area contributed by atoms with Crippen molar-refractivity contribution in [3.05, 3.63) is 53.0 Å². The highest BCUT2D eigenvalue weighted by molar-refractivity contribution is 6.60. The van der Waals surface area contributed by atoms with Gasteiger partial charge in [0, 0.05) is 0 Å². The minimum absolute atomic E-state index is 0.218. The van der Waals surface area contributed by atoms with E-state index in [1.165, 1.54) is 22.1 Å². The lowest BCUT2D eigenvalue weighted by molar-refractivity contribution is 0.504. The Hall–Kier alpha value is -1.24. The fraction of sp³-hybridized carbons (Fsp3) is 0.500. The molecule has 0 atom stereocenters. The van der Waals surface area contributed by atoms with Gasteiger partial charge in [0.1, 0.15) is 0 Å². The minimum Gasteiger partial charge on any atom is -0.106 e. The molecule has 0 N–H and O–H groups in total. The van der Waals surface area contributed by atoms with Crippen molar-refractivity contribution < 1.29 is 0 Å². The fourth-order valence-electron chi connectivity index (χ4n) is 1.90. The fourth-order valence-corrected chi connectivity index (χ4v) is 1.90. The van der Waals surface area contributed by atoms with Gasteiger partial charge in [-0.3, -0.25) is 0 Å². The molecule has 1 aromatic carbocycles. The Morgan fingerprint density at radius 1 is 0.857 bits per heavy atom. The van der Waals surface area contributed by atoms with Gasteiger partial charge in [-0.15, -0.1) is 5.47 Å². The summed E-state index contributed by atoms with van der Waals surface area (Å²) in [7, 11) is 2.24. The van der Waals surface area contributed by atoms with Gasteiger partial charge >= 0.3 is 0 Å². The summed E-state index contributed by atoms with van der Waals surface area (Å²) in [5.74, 6) is 0. The van der Waals surface area contributed by atoms with Crippen molar-refractivity contribution in [2.75, 3.05) is 0 Å². The molecular weight excluding hydrogens is 251 g/mol.